The van der Waals surface area contributed by atoms with Crippen LogP contribution >= 0.6 is 0 Å². The van der Waals surface area contributed by atoms with E-state index in [-0.39, 0.29) is 29.0 Å². The molecule has 3 N–H and O–H groups in total. The molecule has 1 aliphatic heterocycles. The Morgan fingerprint density at radius 2 is 1.85 bits per heavy atom. The molecule has 1 heterocycles. The van der Waals surface area contributed by atoms with Crippen molar-refractivity contribution in [2.24, 2.45) is 11.7 Å². The Morgan fingerprint density at radius 3 is 2.56 bits per heavy atom. The molecule has 1 amide bonds. The minimum absolute atomic E-state index is 0.0743. The number of ether oxygens (including phenoxy) is 2. The highest BCUT2D eigenvalue weighted by atomic mass is 32.2. The van der Waals surface area contributed by atoms with Gasteiger partial charge < -0.3 is 20.5 Å². The molecule has 1 saturated carbocycles. The summed E-state index contributed by atoms with van der Waals surface area (Å²) in [5.41, 5.74) is 5.83. The van der Waals surface area contributed by atoms with Crippen molar-refractivity contribution in [1.82, 2.24) is 5.32 Å². The van der Waals surface area contributed by atoms with Gasteiger partial charge in [0.2, 0.25) is 5.91 Å². The molecule has 0 radical (unpaired) electrons. The normalized spacial score (nSPS) is 18.7. The lowest BCUT2D eigenvalue weighted by Crippen LogP contribution is -2.46. The van der Waals surface area contributed by atoms with Crippen LogP contribution < -0.4 is 20.5 Å². The summed E-state index contributed by atoms with van der Waals surface area (Å²) in [7, 11) is -3.58. The molecular formula is C19H28N2O5S. The van der Waals surface area contributed by atoms with Crippen molar-refractivity contribution in [1.29, 1.82) is 0 Å². The minimum Gasteiger partial charge on any atom is -0.486 e. The zero-order valence-electron chi connectivity index (χ0n) is 15.5. The van der Waals surface area contributed by atoms with Crippen LogP contribution in [0.25, 0.3) is 0 Å². The molecule has 2 aliphatic rings. The van der Waals surface area contributed by atoms with Gasteiger partial charge in [0.15, 0.2) is 21.3 Å². The van der Waals surface area contributed by atoms with Gasteiger partial charge in [-0.15, -0.1) is 0 Å². The summed E-state index contributed by atoms with van der Waals surface area (Å²) in [6.07, 6.45) is 5.61. The van der Waals surface area contributed by atoms with E-state index >= 15 is 0 Å². The molecule has 27 heavy (non-hydrogen) atoms. The van der Waals surface area contributed by atoms with Crippen molar-refractivity contribution >= 4 is 15.7 Å². The van der Waals surface area contributed by atoms with Crippen molar-refractivity contribution in [2.75, 3.05) is 25.5 Å². The van der Waals surface area contributed by atoms with Crippen molar-refractivity contribution < 1.29 is 22.7 Å². The Hall–Kier alpha value is -1.80. The number of rotatable bonds is 7. The highest BCUT2D eigenvalue weighted by molar-refractivity contribution is 7.91. The monoisotopic (exact) mass is 396 g/mol. The number of carbonyl (C=O) groups excluding carboxylic acids is 1. The molecule has 8 heteroatoms. The molecule has 1 aromatic rings. The summed E-state index contributed by atoms with van der Waals surface area (Å²) >= 11 is 0. The van der Waals surface area contributed by atoms with Crippen LogP contribution in [0.1, 0.15) is 38.5 Å². The molecule has 3 rings (SSSR count). The number of sulfone groups is 1. The number of nitrogens with two attached hydrogens (primary N) is 1. The van der Waals surface area contributed by atoms with Crippen molar-refractivity contribution in [3.05, 3.63) is 18.2 Å². The maximum atomic E-state index is 12.6. The molecule has 0 aromatic heterocycles. The first kappa shape index (κ1) is 19.9. The van der Waals surface area contributed by atoms with Gasteiger partial charge in [-0.05, 0) is 30.9 Å². The molecule has 150 valence electrons. The molecule has 1 fully saturated rings. The van der Waals surface area contributed by atoms with E-state index in [4.69, 9.17) is 15.2 Å². The average Bonchev–Trinajstić information content (AvgIpc) is 2.71. The molecule has 1 aliphatic carbocycles. The predicted molar refractivity (Wildman–Crippen MR) is 102 cm³/mol. The van der Waals surface area contributed by atoms with E-state index in [1.807, 2.05) is 0 Å². The molecule has 1 atom stereocenters. The lowest BCUT2D eigenvalue weighted by atomic mass is 9.84. The van der Waals surface area contributed by atoms with Crippen LogP contribution in [0.5, 0.6) is 11.5 Å². The van der Waals surface area contributed by atoms with Gasteiger partial charge in [-0.2, -0.15) is 0 Å². The first-order valence-corrected chi connectivity index (χ1v) is 11.3. The van der Waals surface area contributed by atoms with Crippen LogP contribution in [0.15, 0.2) is 23.1 Å². The van der Waals surface area contributed by atoms with E-state index in [0.717, 1.165) is 25.7 Å². The van der Waals surface area contributed by atoms with Crippen LogP contribution in [0.2, 0.25) is 0 Å². The van der Waals surface area contributed by atoms with E-state index in [1.165, 1.54) is 18.6 Å². The predicted octanol–water partition coefficient (Wildman–Crippen LogP) is 1.65. The topological polar surface area (TPSA) is 108 Å². The van der Waals surface area contributed by atoms with Gasteiger partial charge in [0, 0.05) is 25.1 Å². The molecular weight excluding hydrogens is 368 g/mol. The number of hydrogen-bond acceptors (Lipinski definition) is 6. The Balaban J connectivity index is 1.57. The molecule has 0 bridgehead atoms. The number of amides is 1. The second-order valence-electron chi connectivity index (χ2n) is 7.18. The van der Waals surface area contributed by atoms with Gasteiger partial charge in [-0.3, -0.25) is 4.79 Å². The van der Waals surface area contributed by atoms with Crippen LogP contribution in [0, 0.1) is 5.92 Å². The Morgan fingerprint density at radius 1 is 1.15 bits per heavy atom. The molecule has 7 nitrogen and oxygen atoms in total. The fraction of sp³-hybridized carbons (Fsp3) is 0.632. The summed E-state index contributed by atoms with van der Waals surface area (Å²) < 4.78 is 36.0. The standard InChI is InChI=1S/C19H28N2O5S/c20-13-16(14-4-2-1-3-5-14)21-19(22)8-11-27(23,24)15-6-7-17-18(12-15)26-10-9-25-17/h6-7,12,14,16H,1-5,8-11,13,20H2,(H,21,22). The second-order valence-corrected chi connectivity index (χ2v) is 9.29. The Bertz CT molecular complexity index is 759. The van der Waals surface area contributed by atoms with Gasteiger partial charge in [0.1, 0.15) is 13.2 Å². The minimum atomic E-state index is -3.58. The third-order valence-corrected chi connectivity index (χ3v) is 7.00. The number of fused-ring (bicyclic) bond motifs is 1. The van der Waals surface area contributed by atoms with Gasteiger partial charge >= 0.3 is 0 Å². The van der Waals surface area contributed by atoms with Crippen LogP contribution in [-0.4, -0.2) is 45.9 Å². The lowest BCUT2D eigenvalue weighted by molar-refractivity contribution is -0.121. The zero-order chi connectivity index (χ0) is 19.3. The first-order chi connectivity index (χ1) is 13.0. The van der Waals surface area contributed by atoms with Crippen LogP contribution in [0.3, 0.4) is 0 Å². The molecule has 1 aromatic carbocycles. The molecule has 1 unspecified atom stereocenters. The van der Waals surface area contributed by atoms with Crippen LogP contribution in [0.4, 0.5) is 0 Å². The summed E-state index contributed by atoms with van der Waals surface area (Å²) in [5, 5.41) is 2.94. The van der Waals surface area contributed by atoms with E-state index in [2.05, 4.69) is 5.32 Å². The summed E-state index contributed by atoms with van der Waals surface area (Å²) in [6, 6.07) is 4.47. The molecule has 0 saturated heterocycles. The fourth-order valence-corrected chi connectivity index (χ4v) is 5.00. The number of hydrogen-bond donors (Lipinski definition) is 2. The van der Waals surface area contributed by atoms with Crippen molar-refractivity contribution in [2.45, 2.75) is 49.5 Å². The van der Waals surface area contributed by atoms with Crippen molar-refractivity contribution in [3.63, 3.8) is 0 Å². The highest BCUT2D eigenvalue weighted by Crippen LogP contribution is 2.32. The van der Waals surface area contributed by atoms with Gasteiger partial charge in [-0.1, -0.05) is 19.3 Å². The zero-order valence-corrected chi connectivity index (χ0v) is 16.3. The quantitative estimate of drug-likeness (QED) is 0.725. The number of benzene rings is 1. The Labute approximate surface area is 160 Å². The maximum Gasteiger partial charge on any atom is 0.221 e. The smallest absolute Gasteiger partial charge is 0.221 e. The van der Waals surface area contributed by atoms with E-state index in [1.54, 1.807) is 6.07 Å². The Kier molecular flexibility index (Phi) is 6.59. The summed E-state index contributed by atoms with van der Waals surface area (Å²) in [5.74, 6) is 0.836. The van der Waals surface area contributed by atoms with Crippen molar-refractivity contribution in [3.8, 4) is 11.5 Å². The van der Waals surface area contributed by atoms with Gasteiger partial charge in [0.05, 0.1) is 10.6 Å². The van der Waals surface area contributed by atoms with Gasteiger partial charge in [-0.25, -0.2) is 8.42 Å². The number of carbonyl (C=O) groups is 1. The largest absolute Gasteiger partial charge is 0.486 e. The first-order valence-electron chi connectivity index (χ1n) is 9.61. The van der Waals surface area contributed by atoms with Crippen LogP contribution in [-0.2, 0) is 14.6 Å². The van der Waals surface area contributed by atoms with E-state index in [9.17, 15) is 13.2 Å². The SMILES string of the molecule is NCC(NC(=O)CCS(=O)(=O)c1ccc2c(c1)OCCO2)C1CCCCC1. The summed E-state index contributed by atoms with van der Waals surface area (Å²) in [4.78, 5) is 12.4. The number of nitrogens with one attached hydrogen (secondary N) is 1. The third kappa shape index (κ3) is 5.13. The summed E-state index contributed by atoms with van der Waals surface area (Å²) in [6.45, 7) is 1.22. The molecule has 0 spiro atoms. The lowest BCUT2D eigenvalue weighted by Gasteiger charge is -2.30. The second kappa shape index (κ2) is 8.93. The highest BCUT2D eigenvalue weighted by Gasteiger charge is 2.25. The average molecular weight is 397 g/mol. The third-order valence-electron chi connectivity index (χ3n) is 5.29. The van der Waals surface area contributed by atoms with E-state index in [0.29, 0.717) is 37.2 Å². The maximum absolute atomic E-state index is 12.6. The van der Waals surface area contributed by atoms with E-state index < -0.39 is 9.84 Å². The van der Waals surface area contributed by atoms with Gasteiger partial charge in [0.25, 0.3) is 0 Å². The fourth-order valence-electron chi connectivity index (χ4n) is 3.75.